The molecule has 1 saturated carbocycles. The molecule has 0 radical (unpaired) electrons. The molecule has 0 aliphatic heterocycles. The number of hydrogen-bond donors (Lipinski definition) is 2. The number of fused-ring (bicyclic) bond motifs is 1. The fourth-order valence-electron chi connectivity index (χ4n) is 2.05. The van der Waals surface area contributed by atoms with Gasteiger partial charge < -0.3 is 10.7 Å². The number of aromatic nitrogens is 3. The molecule has 0 aromatic carbocycles. The van der Waals surface area contributed by atoms with Gasteiger partial charge in [-0.2, -0.15) is 0 Å². The van der Waals surface area contributed by atoms with E-state index < -0.39 is 0 Å². The second-order valence-corrected chi connectivity index (χ2v) is 4.71. The van der Waals surface area contributed by atoms with Crippen molar-refractivity contribution in [3.63, 3.8) is 0 Å². The maximum Gasteiger partial charge on any atom is 0.177 e. The second kappa shape index (κ2) is 3.56. The quantitative estimate of drug-likeness (QED) is 0.818. The molecule has 16 heavy (non-hydrogen) atoms. The number of nitrogens with zero attached hydrogens (tertiary/aromatic N) is 2. The van der Waals surface area contributed by atoms with Crippen LogP contribution in [0.2, 0.25) is 0 Å². The average Bonchev–Trinajstić information content (AvgIpc) is 3.00. The number of aryl methyl sites for hydroxylation is 1. The van der Waals surface area contributed by atoms with Crippen molar-refractivity contribution in [2.75, 3.05) is 0 Å². The molecular formula is C12H16N4. The standard InChI is InChI=1S/C12H16N4/c1-7-2-5-10-12(14-7)16-11(15-10)6-9(13)8-3-4-8/h2,5,8-9H,3-4,6,13H2,1H3,(H,14,15,16). The van der Waals surface area contributed by atoms with Crippen LogP contribution in [0.4, 0.5) is 0 Å². The Morgan fingerprint density at radius 2 is 2.25 bits per heavy atom. The minimum Gasteiger partial charge on any atom is -0.341 e. The first-order chi connectivity index (χ1) is 7.72. The summed E-state index contributed by atoms with van der Waals surface area (Å²) >= 11 is 0. The highest BCUT2D eigenvalue weighted by molar-refractivity contribution is 5.70. The lowest BCUT2D eigenvalue weighted by atomic mass is 10.1. The van der Waals surface area contributed by atoms with Crippen molar-refractivity contribution in [2.45, 2.75) is 32.2 Å². The zero-order chi connectivity index (χ0) is 11.1. The molecule has 4 heteroatoms. The van der Waals surface area contributed by atoms with Crippen LogP contribution in [0, 0.1) is 12.8 Å². The van der Waals surface area contributed by atoms with Gasteiger partial charge in [0.05, 0.1) is 5.52 Å². The Balaban J connectivity index is 1.86. The molecule has 0 saturated heterocycles. The molecule has 0 bridgehead atoms. The lowest BCUT2D eigenvalue weighted by molar-refractivity contribution is 0.579. The summed E-state index contributed by atoms with van der Waals surface area (Å²) in [4.78, 5) is 12.1. The van der Waals surface area contributed by atoms with Crippen molar-refractivity contribution >= 4 is 11.2 Å². The molecular weight excluding hydrogens is 200 g/mol. The third-order valence-electron chi connectivity index (χ3n) is 3.19. The van der Waals surface area contributed by atoms with Crippen LogP contribution in [-0.4, -0.2) is 21.0 Å². The van der Waals surface area contributed by atoms with Gasteiger partial charge in [-0.15, -0.1) is 0 Å². The molecule has 2 heterocycles. The summed E-state index contributed by atoms with van der Waals surface area (Å²) in [6.45, 7) is 1.98. The van der Waals surface area contributed by atoms with E-state index >= 15 is 0 Å². The first-order valence-corrected chi connectivity index (χ1v) is 5.80. The largest absolute Gasteiger partial charge is 0.341 e. The Hall–Kier alpha value is -1.42. The van der Waals surface area contributed by atoms with Crippen LogP contribution in [0.15, 0.2) is 12.1 Å². The van der Waals surface area contributed by atoms with Crippen LogP contribution < -0.4 is 5.73 Å². The molecule has 3 rings (SSSR count). The fraction of sp³-hybridized carbons (Fsp3) is 0.500. The molecule has 2 aromatic rings. The van der Waals surface area contributed by atoms with E-state index in [2.05, 4.69) is 15.0 Å². The van der Waals surface area contributed by atoms with E-state index in [-0.39, 0.29) is 6.04 Å². The molecule has 1 aliphatic carbocycles. The number of pyridine rings is 1. The van der Waals surface area contributed by atoms with Crippen molar-refractivity contribution in [1.29, 1.82) is 0 Å². The number of nitrogens with one attached hydrogen (secondary N) is 1. The number of hydrogen-bond acceptors (Lipinski definition) is 3. The normalized spacial score (nSPS) is 17.9. The highest BCUT2D eigenvalue weighted by Gasteiger charge is 2.29. The molecule has 2 aromatic heterocycles. The van der Waals surface area contributed by atoms with E-state index in [0.29, 0.717) is 5.92 Å². The Morgan fingerprint density at radius 1 is 1.44 bits per heavy atom. The van der Waals surface area contributed by atoms with Crippen LogP contribution in [0.1, 0.15) is 24.4 Å². The van der Waals surface area contributed by atoms with E-state index in [1.54, 1.807) is 0 Å². The van der Waals surface area contributed by atoms with Crippen molar-refractivity contribution in [2.24, 2.45) is 11.7 Å². The summed E-state index contributed by atoms with van der Waals surface area (Å²) in [7, 11) is 0. The van der Waals surface area contributed by atoms with Gasteiger partial charge in [-0.05, 0) is 37.8 Å². The summed E-state index contributed by atoms with van der Waals surface area (Å²) in [6.07, 6.45) is 3.39. The summed E-state index contributed by atoms with van der Waals surface area (Å²) in [6, 6.07) is 4.27. The van der Waals surface area contributed by atoms with E-state index in [0.717, 1.165) is 29.1 Å². The van der Waals surface area contributed by atoms with E-state index in [1.807, 2.05) is 19.1 Å². The van der Waals surface area contributed by atoms with Crippen LogP contribution in [0.5, 0.6) is 0 Å². The molecule has 0 amide bonds. The number of H-pyrrole nitrogens is 1. The zero-order valence-electron chi connectivity index (χ0n) is 9.40. The number of imidazole rings is 1. The van der Waals surface area contributed by atoms with Crippen molar-refractivity contribution in [3.05, 3.63) is 23.7 Å². The molecule has 1 unspecified atom stereocenters. The lowest BCUT2D eigenvalue weighted by Gasteiger charge is -2.06. The average molecular weight is 216 g/mol. The minimum atomic E-state index is 0.252. The van der Waals surface area contributed by atoms with Gasteiger partial charge in [-0.25, -0.2) is 9.97 Å². The van der Waals surface area contributed by atoms with Gasteiger partial charge in [-0.3, -0.25) is 0 Å². The van der Waals surface area contributed by atoms with Crippen molar-refractivity contribution in [1.82, 2.24) is 15.0 Å². The Kier molecular flexibility index (Phi) is 2.17. The first-order valence-electron chi connectivity index (χ1n) is 5.80. The van der Waals surface area contributed by atoms with Crippen LogP contribution in [0.3, 0.4) is 0 Å². The van der Waals surface area contributed by atoms with Gasteiger partial charge in [0.15, 0.2) is 5.65 Å². The molecule has 0 spiro atoms. The van der Waals surface area contributed by atoms with E-state index in [9.17, 15) is 0 Å². The minimum absolute atomic E-state index is 0.252. The van der Waals surface area contributed by atoms with E-state index in [4.69, 9.17) is 5.73 Å². The summed E-state index contributed by atoms with van der Waals surface area (Å²) in [5, 5.41) is 0. The molecule has 84 valence electrons. The van der Waals surface area contributed by atoms with Crippen LogP contribution in [-0.2, 0) is 6.42 Å². The number of aromatic amines is 1. The van der Waals surface area contributed by atoms with Gasteiger partial charge in [0.25, 0.3) is 0 Å². The number of nitrogens with two attached hydrogens (primary N) is 1. The van der Waals surface area contributed by atoms with Gasteiger partial charge >= 0.3 is 0 Å². The Labute approximate surface area is 94.3 Å². The fourth-order valence-corrected chi connectivity index (χ4v) is 2.05. The van der Waals surface area contributed by atoms with Gasteiger partial charge in [0.1, 0.15) is 5.82 Å². The van der Waals surface area contributed by atoms with E-state index in [1.165, 1.54) is 12.8 Å². The maximum absolute atomic E-state index is 6.08. The maximum atomic E-state index is 6.08. The zero-order valence-corrected chi connectivity index (χ0v) is 9.40. The van der Waals surface area contributed by atoms with Crippen molar-refractivity contribution < 1.29 is 0 Å². The summed E-state index contributed by atoms with van der Waals surface area (Å²) in [5.41, 5.74) is 8.89. The SMILES string of the molecule is Cc1ccc2[nH]c(CC(N)C3CC3)nc2n1. The monoisotopic (exact) mass is 216 g/mol. The Morgan fingerprint density at radius 3 is 3.00 bits per heavy atom. The topological polar surface area (TPSA) is 67.6 Å². The molecule has 1 atom stereocenters. The first kappa shape index (κ1) is 9.78. The lowest BCUT2D eigenvalue weighted by Crippen LogP contribution is -2.25. The highest BCUT2D eigenvalue weighted by Crippen LogP contribution is 2.32. The van der Waals surface area contributed by atoms with Gasteiger partial charge in [-0.1, -0.05) is 0 Å². The Bertz CT molecular complexity index is 513. The van der Waals surface area contributed by atoms with Crippen LogP contribution >= 0.6 is 0 Å². The predicted molar refractivity (Wildman–Crippen MR) is 63.0 cm³/mol. The van der Waals surface area contributed by atoms with Crippen molar-refractivity contribution in [3.8, 4) is 0 Å². The molecule has 3 N–H and O–H groups in total. The molecule has 1 aliphatic rings. The third kappa shape index (κ3) is 1.80. The highest BCUT2D eigenvalue weighted by atomic mass is 15.0. The molecule has 1 fully saturated rings. The van der Waals surface area contributed by atoms with Crippen LogP contribution in [0.25, 0.3) is 11.2 Å². The predicted octanol–water partition coefficient (Wildman–Crippen LogP) is 1.55. The summed E-state index contributed by atoms with van der Waals surface area (Å²) < 4.78 is 0. The second-order valence-electron chi connectivity index (χ2n) is 4.71. The number of rotatable bonds is 3. The molecule has 4 nitrogen and oxygen atoms in total. The van der Waals surface area contributed by atoms with Gasteiger partial charge in [0.2, 0.25) is 0 Å². The van der Waals surface area contributed by atoms with Gasteiger partial charge in [0, 0.05) is 18.2 Å². The smallest absolute Gasteiger partial charge is 0.177 e. The summed E-state index contributed by atoms with van der Waals surface area (Å²) in [5.74, 6) is 1.68. The third-order valence-corrected chi connectivity index (χ3v) is 3.19.